The Balaban J connectivity index is 1.88. The second-order valence-corrected chi connectivity index (χ2v) is 6.59. The molecule has 0 spiro atoms. The van der Waals surface area contributed by atoms with Crippen LogP contribution in [0.4, 0.5) is 0 Å². The van der Waals surface area contributed by atoms with Crippen molar-refractivity contribution in [2.45, 2.75) is 38.1 Å². The lowest BCUT2D eigenvalue weighted by atomic mass is 10.1. The van der Waals surface area contributed by atoms with Crippen LogP contribution in [-0.2, 0) is 6.54 Å². The second-order valence-electron chi connectivity index (χ2n) is 5.60. The zero-order valence-corrected chi connectivity index (χ0v) is 15.6. The Morgan fingerprint density at radius 1 is 1.40 bits per heavy atom. The number of Topliss-reactive ketones (excluding diaryl/α,β-unsaturated/α-hetero) is 1. The van der Waals surface area contributed by atoms with Crippen LogP contribution >= 0.6 is 11.8 Å². The van der Waals surface area contributed by atoms with Gasteiger partial charge in [0.05, 0.1) is 13.2 Å². The van der Waals surface area contributed by atoms with E-state index in [1.54, 1.807) is 24.4 Å². The number of benzene rings is 1. The van der Waals surface area contributed by atoms with Crippen LogP contribution in [0.3, 0.4) is 0 Å². The van der Waals surface area contributed by atoms with Gasteiger partial charge in [-0.05, 0) is 31.5 Å². The molecule has 0 bridgehead atoms. The van der Waals surface area contributed by atoms with Gasteiger partial charge in [0, 0.05) is 30.3 Å². The van der Waals surface area contributed by atoms with E-state index in [4.69, 9.17) is 9.47 Å². The first-order valence-electron chi connectivity index (χ1n) is 8.19. The maximum Gasteiger partial charge on any atom is 0.168 e. The summed E-state index contributed by atoms with van der Waals surface area (Å²) < 4.78 is 13.0. The first-order valence-corrected chi connectivity index (χ1v) is 9.17. The Bertz CT molecular complexity index is 702. The molecule has 0 radical (unpaired) electrons. The smallest absolute Gasteiger partial charge is 0.168 e. The summed E-state index contributed by atoms with van der Waals surface area (Å²) in [6.07, 6.45) is 4.10. The Labute approximate surface area is 152 Å². The number of aryl methyl sites for hydroxylation is 1. The van der Waals surface area contributed by atoms with Gasteiger partial charge in [-0.1, -0.05) is 18.7 Å². The van der Waals surface area contributed by atoms with Gasteiger partial charge >= 0.3 is 0 Å². The van der Waals surface area contributed by atoms with Crippen molar-refractivity contribution in [1.82, 2.24) is 9.55 Å². The largest absolute Gasteiger partial charge is 0.493 e. The minimum absolute atomic E-state index is 0.0381. The molecule has 0 aliphatic carbocycles. The van der Waals surface area contributed by atoms with E-state index in [1.165, 1.54) is 25.8 Å². The first-order chi connectivity index (χ1) is 12.0. The Morgan fingerprint density at radius 3 is 2.88 bits per heavy atom. The fraction of sp³-hybridized carbons (Fsp3) is 0.444. The fourth-order valence-corrected chi connectivity index (χ4v) is 3.15. The molecule has 1 unspecified atom stereocenters. The number of hydrogen-bond donors (Lipinski definition) is 1. The predicted molar refractivity (Wildman–Crippen MR) is 97.7 cm³/mol. The molecule has 1 atom stereocenters. The number of rotatable bonds is 10. The first kappa shape index (κ1) is 19.3. The average molecular weight is 364 g/mol. The highest BCUT2D eigenvalue weighted by atomic mass is 32.2. The van der Waals surface area contributed by atoms with Crippen LogP contribution in [0.15, 0.2) is 35.7 Å². The lowest BCUT2D eigenvalue weighted by Gasteiger charge is -2.15. The van der Waals surface area contributed by atoms with Gasteiger partial charge in [-0.15, -0.1) is 0 Å². The van der Waals surface area contributed by atoms with Crippen molar-refractivity contribution in [2.24, 2.45) is 0 Å². The summed E-state index contributed by atoms with van der Waals surface area (Å²) >= 11 is 1.50. The molecule has 0 saturated heterocycles. The number of nitrogens with zero attached hydrogens (tertiary/aromatic N) is 2. The number of carbonyl (C=O) groups is 1. The normalized spacial score (nSPS) is 12.0. The van der Waals surface area contributed by atoms with Crippen LogP contribution in [0, 0.1) is 0 Å². The third-order valence-electron chi connectivity index (χ3n) is 3.55. The molecule has 0 aliphatic rings. The van der Waals surface area contributed by atoms with Crippen molar-refractivity contribution in [3.8, 4) is 11.5 Å². The highest BCUT2D eigenvalue weighted by Gasteiger charge is 2.13. The lowest BCUT2D eigenvalue weighted by Crippen LogP contribution is -2.20. The molecular formula is C18H24N2O4S. The molecule has 0 saturated carbocycles. The number of aliphatic hydroxyl groups excluding tert-OH is 1. The Hall–Kier alpha value is -1.99. The van der Waals surface area contributed by atoms with Crippen LogP contribution in [0.5, 0.6) is 11.5 Å². The predicted octanol–water partition coefficient (Wildman–Crippen LogP) is 3.04. The maximum atomic E-state index is 11.4. The highest BCUT2D eigenvalue weighted by Crippen LogP contribution is 2.28. The number of aromatic nitrogens is 2. The second kappa shape index (κ2) is 9.48. The number of aliphatic hydroxyl groups is 1. The fourth-order valence-electron chi connectivity index (χ4n) is 2.26. The van der Waals surface area contributed by atoms with Crippen LogP contribution in [0.1, 0.15) is 30.6 Å². The van der Waals surface area contributed by atoms with Crippen molar-refractivity contribution >= 4 is 17.5 Å². The number of ketones is 1. The van der Waals surface area contributed by atoms with E-state index in [9.17, 15) is 9.90 Å². The van der Waals surface area contributed by atoms with E-state index in [-0.39, 0.29) is 12.4 Å². The van der Waals surface area contributed by atoms with Crippen molar-refractivity contribution < 1.29 is 19.4 Å². The molecule has 6 nitrogen and oxygen atoms in total. The summed E-state index contributed by atoms with van der Waals surface area (Å²) in [6.45, 7) is 4.66. The summed E-state index contributed by atoms with van der Waals surface area (Å²) in [5, 5.41) is 11.1. The zero-order valence-electron chi connectivity index (χ0n) is 14.8. The van der Waals surface area contributed by atoms with E-state index in [0.717, 1.165) is 18.1 Å². The molecule has 136 valence electrons. The van der Waals surface area contributed by atoms with E-state index < -0.39 is 6.10 Å². The molecular weight excluding hydrogens is 340 g/mol. The molecule has 1 aromatic heterocycles. The van der Waals surface area contributed by atoms with Gasteiger partial charge in [0.15, 0.2) is 22.4 Å². The minimum atomic E-state index is -0.644. The van der Waals surface area contributed by atoms with Crippen molar-refractivity contribution in [3.05, 3.63) is 36.2 Å². The number of ether oxygens (including phenoxy) is 2. The number of thioether (sulfide) groups is 1. The molecule has 0 aliphatic heterocycles. The Morgan fingerprint density at radius 2 is 2.20 bits per heavy atom. The lowest BCUT2D eigenvalue weighted by molar-refractivity contribution is 0.101. The highest BCUT2D eigenvalue weighted by molar-refractivity contribution is 7.99. The number of hydrogen-bond acceptors (Lipinski definition) is 6. The van der Waals surface area contributed by atoms with Gasteiger partial charge in [0.1, 0.15) is 6.61 Å². The van der Waals surface area contributed by atoms with Gasteiger partial charge in [-0.2, -0.15) is 0 Å². The van der Waals surface area contributed by atoms with E-state index >= 15 is 0 Å². The van der Waals surface area contributed by atoms with Crippen molar-refractivity contribution in [2.75, 3.05) is 19.5 Å². The van der Waals surface area contributed by atoms with Crippen molar-refractivity contribution in [1.29, 1.82) is 0 Å². The van der Waals surface area contributed by atoms with Crippen LogP contribution in [0.2, 0.25) is 0 Å². The third-order valence-corrected chi connectivity index (χ3v) is 4.70. The summed E-state index contributed by atoms with van der Waals surface area (Å²) in [5.74, 6) is 1.42. The summed E-state index contributed by atoms with van der Waals surface area (Å²) in [7, 11) is 1.52. The van der Waals surface area contributed by atoms with Gasteiger partial charge in [-0.25, -0.2) is 4.98 Å². The van der Waals surface area contributed by atoms with Crippen LogP contribution in [0.25, 0.3) is 0 Å². The number of carbonyl (C=O) groups excluding carboxylic acids is 1. The quantitative estimate of drug-likeness (QED) is 0.516. The SMILES string of the molecule is CCCn1ccnc1SCC(O)COc1ccc(C(C)=O)cc1OC. The summed E-state index contributed by atoms with van der Waals surface area (Å²) in [4.78, 5) is 15.7. The molecule has 0 amide bonds. The molecule has 2 rings (SSSR count). The number of methoxy groups -OCH3 is 1. The standard InChI is InChI=1S/C18H24N2O4S/c1-4-8-20-9-7-19-18(20)25-12-15(22)11-24-16-6-5-14(13(2)21)10-17(16)23-3/h5-7,9-10,15,22H,4,8,11-12H2,1-3H3. The molecule has 25 heavy (non-hydrogen) atoms. The monoisotopic (exact) mass is 364 g/mol. The topological polar surface area (TPSA) is 73.6 Å². The van der Waals surface area contributed by atoms with E-state index in [0.29, 0.717) is 22.8 Å². The molecule has 2 aromatic rings. The number of imidazole rings is 1. The molecule has 1 N–H and O–H groups in total. The summed E-state index contributed by atoms with van der Waals surface area (Å²) in [6, 6.07) is 5.01. The minimum Gasteiger partial charge on any atom is -0.493 e. The van der Waals surface area contributed by atoms with Gasteiger partial charge in [0.25, 0.3) is 0 Å². The van der Waals surface area contributed by atoms with E-state index in [1.807, 2.05) is 6.20 Å². The summed E-state index contributed by atoms with van der Waals surface area (Å²) in [5.41, 5.74) is 0.558. The maximum absolute atomic E-state index is 11.4. The van der Waals surface area contributed by atoms with Crippen LogP contribution in [-0.4, -0.2) is 46.0 Å². The molecule has 0 fully saturated rings. The van der Waals surface area contributed by atoms with Gasteiger partial charge in [-0.3, -0.25) is 4.79 Å². The third kappa shape index (κ3) is 5.51. The van der Waals surface area contributed by atoms with E-state index in [2.05, 4.69) is 16.5 Å². The Kier molecular flexibility index (Phi) is 7.33. The van der Waals surface area contributed by atoms with Gasteiger partial charge < -0.3 is 19.1 Å². The average Bonchev–Trinajstić information content (AvgIpc) is 3.05. The zero-order chi connectivity index (χ0) is 18.2. The van der Waals surface area contributed by atoms with Crippen LogP contribution < -0.4 is 9.47 Å². The molecule has 1 heterocycles. The molecule has 7 heteroatoms. The van der Waals surface area contributed by atoms with Crippen molar-refractivity contribution in [3.63, 3.8) is 0 Å². The van der Waals surface area contributed by atoms with Gasteiger partial charge in [0.2, 0.25) is 0 Å². The molecule has 1 aromatic carbocycles.